The first-order valence-corrected chi connectivity index (χ1v) is 11.4. The molecule has 2 heterocycles. The molecule has 1 aromatic carbocycles. The fraction of sp³-hybridized carbons (Fsp3) is 0.333. The van der Waals surface area contributed by atoms with E-state index in [2.05, 4.69) is 20.7 Å². The van der Waals surface area contributed by atoms with Crippen molar-refractivity contribution in [3.05, 3.63) is 65.3 Å². The van der Waals surface area contributed by atoms with E-state index in [-0.39, 0.29) is 27.2 Å². The summed E-state index contributed by atoms with van der Waals surface area (Å²) in [6.07, 6.45) is -8.86. The Bertz CT molecular complexity index is 1410. The molecule has 7 nitrogen and oxygen atoms in total. The van der Waals surface area contributed by atoms with E-state index in [9.17, 15) is 44.3 Å². The second-order valence-corrected chi connectivity index (χ2v) is 7.66. The maximum atomic E-state index is 13.9. The van der Waals surface area contributed by atoms with E-state index in [4.69, 9.17) is 0 Å². The minimum atomic E-state index is -6.35. The molecule has 0 saturated heterocycles. The third kappa shape index (κ3) is 6.37. The molecular weight excluding hydrogens is 559 g/mol. The van der Waals surface area contributed by atoms with E-state index >= 15 is 0 Å². The molecule has 0 fully saturated rings. The lowest BCUT2D eigenvalue weighted by Gasteiger charge is -2.19. The number of aryl methyl sites for hydroxylation is 1. The van der Waals surface area contributed by atoms with Crippen LogP contribution in [0.3, 0.4) is 0 Å². The lowest BCUT2D eigenvalue weighted by molar-refractivity contribution is -0.292. The lowest BCUT2D eigenvalue weighted by Crippen LogP contribution is -2.36. The number of benzene rings is 1. The van der Waals surface area contributed by atoms with E-state index in [0.717, 1.165) is 19.3 Å². The molecule has 0 unspecified atom stereocenters. The number of nitrogens with zero attached hydrogens (tertiary/aromatic N) is 5. The summed E-state index contributed by atoms with van der Waals surface area (Å²) in [5.41, 5.74) is -4.97. The molecule has 1 N–H and O–H groups in total. The van der Waals surface area contributed by atoms with Crippen molar-refractivity contribution in [3.8, 4) is 17.1 Å². The van der Waals surface area contributed by atoms with Crippen LogP contribution >= 0.6 is 0 Å². The molecule has 2 aromatic heterocycles. The van der Waals surface area contributed by atoms with Crippen molar-refractivity contribution in [2.24, 2.45) is 7.05 Å². The van der Waals surface area contributed by atoms with Gasteiger partial charge in [-0.1, -0.05) is 43.3 Å². The summed E-state index contributed by atoms with van der Waals surface area (Å²) in [5, 5.41) is 12.4. The Morgan fingerprint density at radius 2 is 1.62 bits per heavy atom. The molecule has 0 atom stereocenters. The molecule has 0 radical (unpaired) electrons. The molecule has 0 aliphatic carbocycles. The molecule has 1 amide bonds. The van der Waals surface area contributed by atoms with Crippen molar-refractivity contribution in [3.63, 3.8) is 0 Å². The monoisotopic (exact) mass is 582 g/mol. The number of carbonyl (C=O) groups excluding carboxylic acids is 1. The van der Waals surface area contributed by atoms with Gasteiger partial charge in [-0.25, -0.2) is 13.8 Å². The molecule has 16 heteroatoms. The van der Waals surface area contributed by atoms with Gasteiger partial charge in [0.15, 0.2) is 11.5 Å². The molecule has 3 aromatic rings. The van der Waals surface area contributed by atoms with Crippen LogP contribution in [0.2, 0.25) is 0 Å². The summed E-state index contributed by atoms with van der Waals surface area (Å²) in [6, 6.07) is 5.55. The van der Waals surface area contributed by atoms with Gasteiger partial charge < -0.3 is 5.32 Å². The van der Waals surface area contributed by atoms with Crippen LogP contribution in [0.25, 0.3) is 17.1 Å². The number of halogens is 9. The molecule has 40 heavy (non-hydrogen) atoms. The van der Waals surface area contributed by atoms with Gasteiger partial charge in [-0.3, -0.25) is 4.79 Å². The molecule has 3 rings (SSSR count). The Balaban J connectivity index is 0.00000274. The number of carbonyl (C=O) groups is 1. The molecule has 0 spiro atoms. The molecule has 0 aliphatic rings. The number of allylic oxidation sites excluding steroid dienone is 2. The topological polar surface area (TPSA) is 77.6 Å². The Kier molecular flexibility index (Phi) is 9.60. The van der Waals surface area contributed by atoms with E-state index in [1.54, 1.807) is 0 Å². The smallest absolute Gasteiger partial charge is 0.322 e. The van der Waals surface area contributed by atoms with Gasteiger partial charge >= 0.3 is 18.3 Å². The standard InChI is InChI=1S/C22H17F9N6O.C2H6/c1-4-13(14(23)5-2)18(38)32-12-8-6-7-11(9-12)15-10-37(35-33-15)19-16(21(26,27)28)17(34-36(19)3)20(24,25)22(29,30)31;1-2/h4-10H,1-3H3,(H,32,38);1-2H3/b13-4+,14-5+;. The highest BCUT2D eigenvalue weighted by Gasteiger charge is 2.64. The number of anilines is 1. The fourth-order valence-corrected chi connectivity index (χ4v) is 3.38. The predicted octanol–water partition coefficient (Wildman–Crippen LogP) is 7.13. The molecule has 0 saturated carbocycles. The molecule has 0 aliphatic heterocycles. The maximum absolute atomic E-state index is 13.9. The fourth-order valence-electron chi connectivity index (χ4n) is 3.38. The van der Waals surface area contributed by atoms with Crippen molar-refractivity contribution in [2.75, 3.05) is 5.32 Å². The summed E-state index contributed by atoms with van der Waals surface area (Å²) in [6.45, 7) is 6.83. The van der Waals surface area contributed by atoms with Crippen molar-refractivity contribution in [1.29, 1.82) is 0 Å². The molecule has 0 bridgehead atoms. The van der Waals surface area contributed by atoms with Crippen LogP contribution < -0.4 is 5.32 Å². The first-order chi connectivity index (χ1) is 18.5. The summed E-state index contributed by atoms with van der Waals surface area (Å²) < 4.78 is 122. The highest BCUT2D eigenvalue weighted by atomic mass is 19.4. The Hall–Kier alpha value is -4.11. The Labute approximate surface area is 222 Å². The SMILES string of the molecule is C/C=C(C(=O)Nc1cccc(-c2cn(-c3c(C(F)(F)F)c(C(F)(F)C(F)(F)F)nn3C)nn2)c1)\C(F)=C/C.CC. The van der Waals surface area contributed by atoms with E-state index in [1.165, 1.54) is 44.2 Å². The van der Waals surface area contributed by atoms with E-state index in [1.807, 2.05) is 13.8 Å². The first kappa shape index (κ1) is 32.1. The minimum absolute atomic E-state index is 0.133. The zero-order valence-corrected chi connectivity index (χ0v) is 21.6. The van der Waals surface area contributed by atoms with Gasteiger partial charge in [-0.15, -0.1) is 5.10 Å². The lowest BCUT2D eigenvalue weighted by atomic mass is 10.1. The highest BCUT2D eigenvalue weighted by molar-refractivity contribution is 6.06. The highest BCUT2D eigenvalue weighted by Crippen LogP contribution is 2.49. The van der Waals surface area contributed by atoms with Crippen LogP contribution in [0.1, 0.15) is 39.0 Å². The van der Waals surface area contributed by atoms with Gasteiger partial charge in [0.25, 0.3) is 5.91 Å². The Morgan fingerprint density at radius 3 is 2.15 bits per heavy atom. The van der Waals surface area contributed by atoms with Gasteiger partial charge in [0.1, 0.15) is 17.1 Å². The van der Waals surface area contributed by atoms with Crippen molar-refractivity contribution >= 4 is 11.6 Å². The minimum Gasteiger partial charge on any atom is -0.322 e. The zero-order valence-electron chi connectivity index (χ0n) is 21.6. The van der Waals surface area contributed by atoms with E-state index < -0.39 is 47.1 Å². The average Bonchev–Trinajstić information content (AvgIpc) is 3.49. The van der Waals surface area contributed by atoms with Crippen molar-refractivity contribution < 1.29 is 44.3 Å². The third-order valence-electron chi connectivity index (χ3n) is 5.12. The van der Waals surface area contributed by atoms with Crippen molar-refractivity contribution in [1.82, 2.24) is 24.8 Å². The largest absolute Gasteiger partial charge is 0.459 e. The quantitative estimate of drug-likeness (QED) is 0.191. The zero-order chi connectivity index (χ0) is 30.6. The second kappa shape index (κ2) is 12.0. The van der Waals surface area contributed by atoms with Crippen LogP contribution in [-0.2, 0) is 23.9 Å². The maximum Gasteiger partial charge on any atom is 0.459 e. The van der Waals surface area contributed by atoms with Crippen LogP contribution in [0, 0.1) is 0 Å². The van der Waals surface area contributed by atoms with Gasteiger partial charge in [0.2, 0.25) is 0 Å². The Morgan fingerprint density at radius 1 is 1.00 bits per heavy atom. The van der Waals surface area contributed by atoms with Gasteiger partial charge in [0.05, 0.1) is 11.8 Å². The van der Waals surface area contributed by atoms with Gasteiger partial charge in [0, 0.05) is 18.3 Å². The average molecular weight is 582 g/mol. The number of amides is 1. The summed E-state index contributed by atoms with van der Waals surface area (Å²) in [7, 11) is 0.737. The number of aromatic nitrogens is 5. The molecule has 218 valence electrons. The van der Waals surface area contributed by atoms with Crippen molar-refractivity contribution in [2.45, 2.75) is 46.0 Å². The van der Waals surface area contributed by atoms with Crippen LogP contribution in [0.5, 0.6) is 0 Å². The predicted molar refractivity (Wildman–Crippen MR) is 127 cm³/mol. The second-order valence-electron chi connectivity index (χ2n) is 7.66. The number of hydrogen-bond acceptors (Lipinski definition) is 4. The number of rotatable bonds is 6. The summed E-state index contributed by atoms with van der Waals surface area (Å²) >= 11 is 0. The van der Waals surface area contributed by atoms with Crippen LogP contribution in [-0.4, -0.2) is 36.9 Å². The van der Waals surface area contributed by atoms with Crippen LogP contribution in [0.4, 0.5) is 45.2 Å². The normalized spacial score (nSPS) is 13.2. The van der Waals surface area contributed by atoms with Crippen LogP contribution in [0.15, 0.2) is 54.0 Å². The third-order valence-corrected chi connectivity index (χ3v) is 5.12. The van der Waals surface area contributed by atoms with Gasteiger partial charge in [-0.2, -0.15) is 40.2 Å². The number of nitrogens with one attached hydrogen (secondary N) is 1. The summed E-state index contributed by atoms with van der Waals surface area (Å²) in [4.78, 5) is 12.4. The van der Waals surface area contributed by atoms with Gasteiger partial charge in [-0.05, 0) is 26.0 Å². The number of alkyl halides is 8. The first-order valence-electron chi connectivity index (χ1n) is 11.4. The number of hydrogen-bond donors (Lipinski definition) is 1. The van der Waals surface area contributed by atoms with E-state index in [0.29, 0.717) is 4.68 Å². The summed E-state index contributed by atoms with van der Waals surface area (Å²) in [5.74, 6) is -8.73. The molecular formula is C24H23F9N6O.